The Balaban J connectivity index is 2.07. The lowest BCUT2D eigenvalue weighted by Gasteiger charge is -2.09. The van der Waals surface area contributed by atoms with E-state index in [9.17, 15) is 9.50 Å². The van der Waals surface area contributed by atoms with E-state index in [2.05, 4.69) is 0 Å². The largest absolute Gasteiger partial charge is 0.392 e. The molecule has 3 rings (SSSR count). The van der Waals surface area contributed by atoms with E-state index in [1.54, 1.807) is 6.07 Å². The molecule has 21 heavy (non-hydrogen) atoms. The van der Waals surface area contributed by atoms with Gasteiger partial charge in [0.15, 0.2) is 0 Å². The number of nitriles is 1. The molecule has 3 nitrogen and oxygen atoms in total. The molecule has 104 valence electrons. The minimum atomic E-state index is -0.414. The van der Waals surface area contributed by atoms with Crippen LogP contribution in [0.5, 0.6) is 0 Å². The molecule has 0 aliphatic carbocycles. The van der Waals surface area contributed by atoms with E-state index in [4.69, 9.17) is 5.26 Å². The summed E-state index contributed by atoms with van der Waals surface area (Å²) in [6, 6.07) is 14.0. The second kappa shape index (κ2) is 5.39. The number of fused-ring (bicyclic) bond motifs is 1. The van der Waals surface area contributed by atoms with Crippen LogP contribution in [0.25, 0.3) is 10.9 Å². The monoisotopic (exact) mass is 280 g/mol. The molecule has 0 aliphatic heterocycles. The summed E-state index contributed by atoms with van der Waals surface area (Å²) in [5.41, 5.74) is 2.79. The Labute approximate surface area is 121 Å². The number of nitrogens with zero attached hydrogens (tertiary/aromatic N) is 2. The van der Waals surface area contributed by atoms with Gasteiger partial charge in [-0.2, -0.15) is 5.26 Å². The van der Waals surface area contributed by atoms with Gasteiger partial charge in [0.1, 0.15) is 5.82 Å². The summed E-state index contributed by atoms with van der Waals surface area (Å²) in [4.78, 5) is 0. The maximum Gasteiger partial charge on any atom is 0.124 e. The first-order valence-corrected chi connectivity index (χ1v) is 6.58. The van der Waals surface area contributed by atoms with E-state index < -0.39 is 5.82 Å². The number of para-hydroxylation sites is 1. The molecule has 0 spiro atoms. The zero-order valence-electron chi connectivity index (χ0n) is 11.3. The van der Waals surface area contributed by atoms with Crippen molar-refractivity contribution in [3.8, 4) is 6.07 Å². The zero-order chi connectivity index (χ0) is 14.8. The van der Waals surface area contributed by atoms with E-state index in [0.29, 0.717) is 12.1 Å². The summed E-state index contributed by atoms with van der Waals surface area (Å²) < 4.78 is 15.5. The van der Waals surface area contributed by atoms with Gasteiger partial charge in [0, 0.05) is 18.3 Å². The van der Waals surface area contributed by atoms with Crippen LogP contribution in [0, 0.1) is 17.1 Å². The molecule has 0 saturated carbocycles. The Morgan fingerprint density at radius 2 is 2.05 bits per heavy atom. The second-order valence-electron chi connectivity index (χ2n) is 4.92. The van der Waals surface area contributed by atoms with Gasteiger partial charge in [-0.15, -0.1) is 0 Å². The molecule has 0 bridgehead atoms. The van der Waals surface area contributed by atoms with Gasteiger partial charge in [0.05, 0.1) is 23.8 Å². The summed E-state index contributed by atoms with van der Waals surface area (Å²) in [6.45, 7) is 0.404. The quantitative estimate of drug-likeness (QED) is 0.801. The number of halogens is 1. The highest BCUT2D eigenvalue weighted by Crippen LogP contribution is 2.22. The zero-order valence-corrected chi connectivity index (χ0v) is 11.3. The van der Waals surface area contributed by atoms with Crippen molar-refractivity contribution in [3.63, 3.8) is 0 Å². The minimum Gasteiger partial charge on any atom is -0.392 e. The first kappa shape index (κ1) is 13.3. The molecule has 0 aliphatic rings. The Morgan fingerprint density at radius 3 is 2.81 bits per heavy atom. The molecule has 0 saturated heterocycles. The van der Waals surface area contributed by atoms with Crippen molar-refractivity contribution in [1.82, 2.24) is 4.57 Å². The third-order valence-corrected chi connectivity index (χ3v) is 3.48. The molecule has 0 radical (unpaired) electrons. The molecular formula is C17H13FN2O. The summed E-state index contributed by atoms with van der Waals surface area (Å²) in [7, 11) is 0. The number of aromatic nitrogens is 1. The Kier molecular flexibility index (Phi) is 3.43. The predicted molar refractivity (Wildman–Crippen MR) is 78.1 cm³/mol. The lowest BCUT2D eigenvalue weighted by atomic mass is 10.1. The summed E-state index contributed by atoms with van der Waals surface area (Å²) in [6.07, 6.45) is 1.90. The number of aliphatic hydroxyl groups excluding tert-OH is 1. The number of aliphatic hydroxyl groups is 1. The lowest BCUT2D eigenvalue weighted by molar-refractivity contribution is 0.283. The van der Waals surface area contributed by atoms with Crippen LogP contribution in [0.2, 0.25) is 0 Å². The molecule has 0 atom stereocenters. The number of hydrogen-bond acceptors (Lipinski definition) is 2. The highest BCUT2D eigenvalue weighted by Gasteiger charge is 2.08. The van der Waals surface area contributed by atoms with Crippen molar-refractivity contribution in [2.45, 2.75) is 13.2 Å². The standard InChI is InChI=1S/C17H13FN2O/c18-16-7-12(9-19)6-13(8-16)10-20-5-4-14-2-1-3-15(11-21)17(14)20/h1-8,21H,10-11H2. The SMILES string of the molecule is N#Cc1cc(F)cc(Cn2ccc3cccc(CO)c32)c1. The lowest BCUT2D eigenvalue weighted by Crippen LogP contribution is -2.01. The first-order chi connectivity index (χ1) is 10.2. The molecule has 0 unspecified atom stereocenters. The third-order valence-electron chi connectivity index (χ3n) is 3.48. The number of rotatable bonds is 3. The molecule has 3 aromatic rings. The highest BCUT2D eigenvalue weighted by atomic mass is 19.1. The van der Waals surface area contributed by atoms with E-state index in [1.807, 2.05) is 41.1 Å². The molecule has 0 amide bonds. The van der Waals surface area contributed by atoms with Crippen LogP contribution in [0.4, 0.5) is 4.39 Å². The maximum atomic E-state index is 13.5. The van der Waals surface area contributed by atoms with Gasteiger partial charge in [-0.1, -0.05) is 18.2 Å². The summed E-state index contributed by atoms with van der Waals surface area (Å²) in [5.74, 6) is -0.414. The fourth-order valence-electron chi connectivity index (χ4n) is 2.60. The summed E-state index contributed by atoms with van der Waals surface area (Å²) in [5, 5.41) is 19.4. The van der Waals surface area contributed by atoms with Crippen LogP contribution in [0.15, 0.2) is 48.7 Å². The van der Waals surface area contributed by atoms with Crippen LogP contribution in [-0.2, 0) is 13.2 Å². The topological polar surface area (TPSA) is 49.0 Å². The molecule has 1 aromatic heterocycles. The van der Waals surface area contributed by atoms with Crippen molar-refractivity contribution in [2.24, 2.45) is 0 Å². The highest BCUT2D eigenvalue weighted by molar-refractivity contribution is 5.83. The van der Waals surface area contributed by atoms with Crippen molar-refractivity contribution in [3.05, 3.63) is 71.2 Å². The molecule has 0 fully saturated rings. The van der Waals surface area contributed by atoms with Crippen molar-refractivity contribution >= 4 is 10.9 Å². The molecular weight excluding hydrogens is 267 g/mol. The van der Waals surface area contributed by atoms with Crippen molar-refractivity contribution < 1.29 is 9.50 Å². The van der Waals surface area contributed by atoms with Gasteiger partial charge >= 0.3 is 0 Å². The third kappa shape index (κ3) is 2.51. The average molecular weight is 280 g/mol. The fraction of sp³-hybridized carbons (Fsp3) is 0.118. The smallest absolute Gasteiger partial charge is 0.124 e. The molecule has 1 N–H and O–H groups in total. The van der Waals surface area contributed by atoms with Crippen LogP contribution in [-0.4, -0.2) is 9.67 Å². The second-order valence-corrected chi connectivity index (χ2v) is 4.92. The Hall–Kier alpha value is -2.64. The van der Waals surface area contributed by atoms with Gasteiger partial charge in [-0.05, 0) is 35.2 Å². The van der Waals surface area contributed by atoms with E-state index in [1.165, 1.54) is 12.1 Å². The van der Waals surface area contributed by atoms with Gasteiger partial charge in [0.2, 0.25) is 0 Å². The van der Waals surface area contributed by atoms with Crippen LogP contribution >= 0.6 is 0 Å². The number of hydrogen-bond donors (Lipinski definition) is 1. The maximum absolute atomic E-state index is 13.5. The molecule has 2 aromatic carbocycles. The molecule has 1 heterocycles. The average Bonchev–Trinajstić information content (AvgIpc) is 2.90. The van der Waals surface area contributed by atoms with Crippen molar-refractivity contribution in [2.75, 3.05) is 0 Å². The van der Waals surface area contributed by atoms with Gasteiger partial charge in [0.25, 0.3) is 0 Å². The minimum absolute atomic E-state index is 0.0477. The van der Waals surface area contributed by atoms with Gasteiger partial charge in [-0.3, -0.25) is 0 Å². The van der Waals surface area contributed by atoms with Gasteiger partial charge in [-0.25, -0.2) is 4.39 Å². The van der Waals surface area contributed by atoms with E-state index in [0.717, 1.165) is 22.0 Å². The Bertz CT molecular complexity index is 846. The predicted octanol–water partition coefficient (Wildman–Crippen LogP) is 3.19. The Morgan fingerprint density at radius 1 is 1.19 bits per heavy atom. The van der Waals surface area contributed by atoms with Crippen molar-refractivity contribution in [1.29, 1.82) is 5.26 Å². The van der Waals surface area contributed by atoms with E-state index in [-0.39, 0.29) is 6.61 Å². The van der Waals surface area contributed by atoms with Gasteiger partial charge < -0.3 is 9.67 Å². The summed E-state index contributed by atoms with van der Waals surface area (Å²) >= 11 is 0. The fourth-order valence-corrected chi connectivity index (χ4v) is 2.60. The number of benzene rings is 2. The van der Waals surface area contributed by atoms with Crippen LogP contribution in [0.3, 0.4) is 0 Å². The first-order valence-electron chi connectivity index (χ1n) is 6.58. The van der Waals surface area contributed by atoms with Crippen LogP contribution < -0.4 is 0 Å². The van der Waals surface area contributed by atoms with Crippen LogP contribution in [0.1, 0.15) is 16.7 Å². The normalized spacial score (nSPS) is 10.7. The molecule has 4 heteroatoms. The van der Waals surface area contributed by atoms with E-state index >= 15 is 0 Å².